The van der Waals surface area contributed by atoms with Crippen LogP contribution in [0.4, 0.5) is 11.6 Å². The Hall–Kier alpha value is -0.710. The second-order valence-electron chi connectivity index (χ2n) is 5.10. The number of aliphatic hydroxyl groups is 1. The quantitative estimate of drug-likeness (QED) is 0.748. The van der Waals surface area contributed by atoms with Crippen LogP contribution >= 0.6 is 23.2 Å². The molecule has 6 heteroatoms. The van der Waals surface area contributed by atoms with Crippen LogP contribution in [0.3, 0.4) is 0 Å². The van der Waals surface area contributed by atoms with Crippen LogP contribution in [-0.2, 0) is 0 Å². The van der Waals surface area contributed by atoms with E-state index in [2.05, 4.69) is 22.5 Å². The zero-order chi connectivity index (χ0) is 14.6. The minimum absolute atomic E-state index is 0.431. The number of aromatic nitrogens is 1. The molecule has 1 heterocycles. The molecule has 0 aliphatic rings. The number of anilines is 2. The smallest absolute Gasteiger partial charge is 0.147 e. The monoisotopic (exact) mass is 305 g/mol. The number of nitrogens with zero attached hydrogens (tertiary/aromatic N) is 1. The van der Waals surface area contributed by atoms with Crippen molar-refractivity contribution in [1.82, 2.24) is 4.98 Å². The second-order valence-corrected chi connectivity index (χ2v) is 5.91. The van der Waals surface area contributed by atoms with Gasteiger partial charge in [0.2, 0.25) is 0 Å². The number of hydrogen-bond donors (Lipinski definition) is 3. The molecule has 0 aliphatic carbocycles. The van der Waals surface area contributed by atoms with E-state index in [1.54, 1.807) is 13.0 Å². The molecule has 0 aliphatic heterocycles. The maximum Gasteiger partial charge on any atom is 0.147 e. The van der Waals surface area contributed by atoms with Crippen LogP contribution in [0.5, 0.6) is 0 Å². The highest BCUT2D eigenvalue weighted by atomic mass is 35.5. The maximum absolute atomic E-state index is 9.72. The third kappa shape index (κ3) is 4.41. The molecule has 0 fully saturated rings. The van der Waals surface area contributed by atoms with Crippen molar-refractivity contribution in [3.63, 3.8) is 0 Å². The molecule has 3 N–H and O–H groups in total. The third-order valence-corrected chi connectivity index (χ3v) is 3.53. The molecule has 0 bridgehead atoms. The van der Waals surface area contributed by atoms with Gasteiger partial charge in [0, 0.05) is 6.54 Å². The minimum Gasteiger partial charge on any atom is -0.391 e. The third-order valence-electron chi connectivity index (χ3n) is 2.96. The molecule has 1 unspecified atom stereocenters. The highest BCUT2D eigenvalue weighted by Crippen LogP contribution is 2.31. The fourth-order valence-electron chi connectivity index (χ4n) is 1.33. The van der Waals surface area contributed by atoms with Crippen LogP contribution in [0.25, 0.3) is 0 Å². The van der Waals surface area contributed by atoms with Crippen LogP contribution in [0.1, 0.15) is 34.1 Å². The Labute approximate surface area is 124 Å². The lowest BCUT2D eigenvalue weighted by Crippen LogP contribution is -2.42. The number of nitrogens with one attached hydrogen (secondary N) is 2. The fraction of sp³-hybridized carbons (Fsp3) is 0.615. The maximum atomic E-state index is 9.72. The Morgan fingerprint density at radius 2 is 1.89 bits per heavy atom. The van der Waals surface area contributed by atoms with Gasteiger partial charge in [0.05, 0.1) is 21.7 Å². The molecule has 1 aromatic heterocycles. The van der Waals surface area contributed by atoms with Gasteiger partial charge in [0.15, 0.2) is 0 Å². The van der Waals surface area contributed by atoms with Crippen molar-refractivity contribution in [2.45, 2.75) is 45.8 Å². The van der Waals surface area contributed by atoms with Gasteiger partial charge >= 0.3 is 0 Å². The van der Waals surface area contributed by atoms with Gasteiger partial charge in [-0.05, 0) is 33.3 Å². The first kappa shape index (κ1) is 16.3. The highest BCUT2D eigenvalue weighted by Gasteiger charge is 2.25. The molecule has 4 nitrogen and oxygen atoms in total. The van der Waals surface area contributed by atoms with Crippen LogP contribution in [0, 0.1) is 0 Å². The van der Waals surface area contributed by atoms with E-state index in [4.69, 9.17) is 23.2 Å². The first-order valence-corrected chi connectivity index (χ1v) is 7.09. The summed E-state index contributed by atoms with van der Waals surface area (Å²) in [7, 11) is 0. The van der Waals surface area contributed by atoms with Crippen LogP contribution < -0.4 is 10.6 Å². The van der Waals surface area contributed by atoms with Gasteiger partial charge in [-0.2, -0.15) is 0 Å². The predicted octanol–water partition coefficient (Wildman–Crippen LogP) is 3.78. The lowest BCUT2D eigenvalue weighted by atomic mass is 9.99. The number of halogens is 2. The van der Waals surface area contributed by atoms with Crippen molar-refractivity contribution < 1.29 is 5.11 Å². The van der Waals surface area contributed by atoms with E-state index in [-0.39, 0.29) is 0 Å². The van der Waals surface area contributed by atoms with Crippen molar-refractivity contribution >= 4 is 34.8 Å². The minimum atomic E-state index is -0.548. The number of aliphatic hydroxyl groups excluding tert-OH is 1. The zero-order valence-electron chi connectivity index (χ0n) is 11.7. The Bertz CT molecular complexity index is 436. The number of rotatable bonds is 6. The van der Waals surface area contributed by atoms with E-state index in [1.165, 1.54) is 0 Å². The molecule has 0 saturated carbocycles. The molecule has 0 amide bonds. The molecule has 1 atom stereocenters. The summed E-state index contributed by atoms with van der Waals surface area (Å²) in [5.41, 5.74) is -0.535. The van der Waals surface area contributed by atoms with Crippen LogP contribution in [-0.4, -0.2) is 28.3 Å². The van der Waals surface area contributed by atoms with Crippen LogP contribution in [0.15, 0.2) is 6.07 Å². The summed E-state index contributed by atoms with van der Waals surface area (Å²) in [6, 6.07) is 1.65. The lowest BCUT2D eigenvalue weighted by Gasteiger charge is -2.30. The molecule has 1 aromatic rings. The molecule has 0 saturated heterocycles. The van der Waals surface area contributed by atoms with Gasteiger partial charge < -0.3 is 15.7 Å². The summed E-state index contributed by atoms with van der Waals surface area (Å²) in [5, 5.41) is 16.9. The lowest BCUT2D eigenvalue weighted by molar-refractivity contribution is 0.133. The molecule has 0 spiro atoms. The van der Waals surface area contributed by atoms with E-state index in [0.717, 1.165) is 13.0 Å². The number of pyridine rings is 1. The normalized spacial score (nSPS) is 13.2. The Kier molecular flexibility index (Phi) is 5.71. The van der Waals surface area contributed by atoms with Crippen molar-refractivity contribution in [2.75, 3.05) is 17.2 Å². The second kappa shape index (κ2) is 6.64. The summed E-state index contributed by atoms with van der Waals surface area (Å²) >= 11 is 12.2. The van der Waals surface area contributed by atoms with E-state index < -0.39 is 11.6 Å². The Balaban J connectivity index is 3.00. The van der Waals surface area contributed by atoms with Gasteiger partial charge in [0.25, 0.3) is 0 Å². The molecule has 108 valence electrons. The topological polar surface area (TPSA) is 57.2 Å². The van der Waals surface area contributed by atoms with Gasteiger partial charge in [-0.3, -0.25) is 0 Å². The molecular weight excluding hydrogens is 285 g/mol. The van der Waals surface area contributed by atoms with E-state index in [9.17, 15) is 5.11 Å². The summed E-state index contributed by atoms with van der Waals surface area (Å²) in [6.45, 7) is 8.32. The summed E-state index contributed by atoms with van der Waals surface area (Å²) in [4.78, 5) is 4.38. The van der Waals surface area contributed by atoms with E-state index in [0.29, 0.717) is 21.7 Å². The van der Waals surface area contributed by atoms with Crippen molar-refractivity contribution in [2.24, 2.45) is 0 Å². The summed E-state index contributed by atoms with van der Waals surface area (Å²) < 4.78 is 0. The zero-order valence-corrected chi connectivity index (χ0v) is 13.2. The Morgan fingerprint density at radius 1 is 1.32 bits per heavy atom. The van der Waals surface area contributed by atoms with Crippen molar-refractivity contribution in [3.05, 3.63) is 16.1 Å². The van der Waals surface area contributed by atoms with Crippen LogP contribution in [0.2, 0.25) is 10.0 Å². The standard InChI is InChI=1S/C13H21Cl2N3O/c1-5-6-16-11-9(14)7-10(15)12(17-11)18-13(3,4)8(2)19/h7-8,19H,5-6H2,1-4H3,(H2,16,17,18). The van der Waals surface area contributed by atoms with E-state index in [1.807, 2.05) is 13.8 Å². The van der Waals surface area contributed by atoms with Gasteiger partial charge in [-0.15, -0.1) is 0 Å². The largest absolute Gasteiger partial charge is 0.391 e. The molecule has 1 rings (SSSR count). The average molecular weight is 306 g/mol. The van der Waals surface area contributed by atoms with Gasteiger partial charge in [0.1, 0.15) is 11.6 Å². The first-order valence-electron chi connectivity index (χ1n) is 6.34. The first-order chi connectivity index (χ1) is 8.77. The van der Waals surface area contributed by atoms with E-state index >= 15 is 0 Å². The summed E-state index contributed by atoms with van der Waals surface area (Å²) in [5.74, 6) is 1.10. The number of hydrogen-bond acceptors (Lipinski definition) is 4. The average Bonchev–Trinajstić information content (AvgIpc) is 2.30. The SMILES string of the molecule is CCCNc1nc(NC(C)(C)C(C)O)c(Cl)cc1Cl. The predicted molar refractivity (Wildman–Crippen MR) is 82.4 cm³/mol. The Morgan fingerprint density at radius 3 is 2.42 bits per heavy atom. The van der Waals surface area contributed by atoms with Crippen molar-refractivity contribution in [3.8, 4) is 0 Å². The van der Waals surface area contributed by atoms with Gasteiger partial charge in [-0.25, -0.2) is 4.98 Å². The molecule has 0 aromatic carbocycles. The molecular formula is C13H21Cl2N3O. The van der Waals surface area contributed by atoms with Gasteiger partial charge in [-0.1, -0.05) is 30.1 Å². The highest BCUT2D eigenvalue weighted by molar-refractivity contribution is 6.37. The molecule has 19 heavy (non-hydrogen) atoms. The summed E-state index contributed by atoms with van der Waals surface area (Å²) in [6.07, 6.45) is 0.427. The molecule has 0 radical (unpaired) electrons. The van der Waals surface area contributed by atoms with Crippen molar-refractivity contribution in [1.29, 1.82) is 0 Å². The fourth-order valence-corrected chi connectivity index (χ4v) is 1.80.